The summed E-state index contributed by atoms with van der Waals surface area (Å²) in [6.07, 6.45) is -4.54. The van der Waals surface area contributed by atoms with Gasteiger partial charge in [-0.3, -0.25) is 14.5 Å². The number of hydrogen-bond donors (Lipinski definition) is 1. The molecule has 0 spiro atoms. The number of carbonyl (C=O) groups excluding carboxylic acids is 2. The van der Waals surface area contributed by atoms with Crippen molar-refractivity contribution in [3.05, 3.63) is 72.3 Å². The number of amides is 2. The Balaban J connectivity index is 1.42. The van der Waals surface area contributed by atoms with Gasteiger partial charge in [0.1, 0.15) is 5.75 Å². The van der Waals surface area contributed by atoms with E-state index in [2.05, 4.69) is 10.5 Å². The Morgan fingerprint density at radius 2 is 1.84 bits per heavy atom. The number of amidine groups is 1. The highest BCUT2D eigenvalue weighted by molar-refractivity contribution is 8.15. The Morgan fingerprint density at radius 3 is 2.62 bits per heavy atom. The van der Waals surface area contributed by atoms with Crippen LogP contribution in [-0.4, -0.2) is 29.3 Å². The van der Waals surface area contributed by atoms with Gasteiger partial charge < -0.3 is 4.74 Å². The van der Waals surface area contributed by atoms with E-state index >= 15 is 0 Å². The molecule has 0 aliphatic carbocycles. The minimum absolute atomic E-state index is 0.00145. The van der Waals surface area contributed by atoms with Crippen LogP contribution in [0.5, 0.6) is 5.75 Å². The van der Waals surface area contributed by atoms with Crippen LogP contribution in [0.3, 0.4) is 0 Å². The summed E-state index contributed by atoms with van der Waals surface area (Å²) in [5.41, 5.74) is 1.43. The van der Waals surface area contributed by atoms with Gasteiger partial charge in [-0.15, -0.1) is 5.10 Å². The Kier molecular flexibility index (Phi) is 6.04. The fourth-order valence-corrected chi connectivity index (χ4v) is 3.90. The number of halogens is 3. The van der Waals surface area contributed by atoms with Gasteiger partial charge >= 0.3 is 6.18 Å². The van der Waals surface area contributed by atoms with Crippen LogP contribution in [0.15, 0.2) is 71.8 Å². The largest absolute Gasteiger partial charge is 0.484 e. The summed E-state index contributed by atoms with van der Waals surface area (Å²) in [4.78, 5) is 25.4. The third-order valence-corrected chi connectivity index (χ3v) is 5.49. The van der Waals surface area contributed by atoms with Crippen molar-refractivity contribution in [2.75, 3.05) is 17.3 Å². The van der Waals surface area contributed by atoms with Crippen LogP contribution in [0.25, 0.3) is 10.8 Å². The third-order valence-electron chi connectivity index (χ3n) is 4.56. The molecule has 1 aliphatic heterocycles. The van der Waals surface area contributed by atoms with Crippen LogP contribution in [0, 0.1) is 0 Å². The van der Waals surface area contributed by atoms with Crippen LogP contribution in [0.2, 0.25) is 0 Å². The zero-order chi connectivity index (χ0) is 22.7. The van der Waals surface area contributed by atoms with Crippen molar-refractivity contribution in [1.82, 2.24) is 5.43 Å². The van der Waals surface area contributed by atoms with E-state index in [-0.39, 0.29) is 23.2 Å². The fourth-order valence-electron chi connectivity index (χ4n) is 3.07. The molecule has 0 atom stereocenters. The SMILES string of the molecule is O=C(COc1ccc2ccccc2c1)N/N=C1\SCC(=O)N1c1cccc(C(F)(F)F)c1. The number of benzene rings is 3. The highest BCUT2D eigenvalue weighted by Gasteiger charge is 2.34. The molecule has 0 unspecified atom stereocenters. The number of rotatable bonds is 5. The second-order valence-corrected chi connectivity index (χ2v) is 7.74. The average Bonchev–Trinajstić information content (AvgIpc) is 3.16. The van der Waals surface area contributed by atoms with Crippen molar-refractivity contribution in [3.8, 4) is 5.75 Å². The summed E-state index contributed by atoms with van der Waals surface area (Å²) in [5.74, 6) is -0.509. The van der Waals surface area contributed by atoms with Gasteiger partial charge in [0.05, 0.1) is 17.0 Å². The molecular formula is C22H16F3N3O3S. The number of nitrogens with zero attached hydrogens (tertiary/aromatic N) is 2. The number of hydrogen-bond acceptors (Lipinski definition) is 5. The van der Waals surface area contributed by atoms with Gasteiger partial charge in [-0.1, -0.05) is 48.2 Å². The molecule has 4 rings (SSSR count). The zero-order valence-electron chi connectivity index (χ0n) is 16.4. The van der Waals surface area contributed by atoms with E-state index in [0.29, 0.717) is 5.75 Å². The van der Waals surface area contributed by atoms with Gasteiger partial charge in [0.25, 0.3) is 5.91 Å². The fraction of sp³-hybridized carbons (Fsp3) is 0.136. The van der Waals surface area contributed by atoms with E-state index in [0.717, 1.165) is 39.6 Å². The summed E-state index contributed by atoms with van der Waals surface area (Å²) in [7, 11) is 0. The van der Waals surface area contributed by atoms with Gasteiger partial charge in [-0.2, -0.15) is 13.2 Å². The zero-order valence-corrected chi connectivity index (χ0v) is 17.2. The normalized spacial score (nSPS) is 15.4. The molecule has 32 heavy (non-hydrogen) atoms. The maximum atomic E-state index is 13.0. The quantitative estimate of drug-likeness (QED) is 0.574. The van der Waals surface area contributed by atoms with Crippen molar-refractivity contribution >= 4 is 45.2 Å². The number of hydrazone groups is 1. The van der Waals surface area contributed by atoms with Gasteiger partial charge in [0.2, 0.25) is 5.91 Å². The van der Waals surface area contributed by atoms with Crippen LogP contribution in [-0.2, 0) is 15.8 Å². The number of fused-ring (bicyclic) bond motifs is 1. The lowest BCUT2D eigenvalue weighted by Gasteiger charge is -2.17. The van der Waals surface area contributed by atoms with E-state index in [4.69, 9.17) is 4.74 Å². The molecule has 10 heteroatoms. The lowest BCUT2D eigenvalue weighted by atomic mass is 10.1. The topological polar surface area (TPSA) is 71.0 Å². The third kappa shape index (κ3) is 4.86. The molecule has 164 valence electrons. The van der Waals surface area contributed by atoms with E-state index in [9.17, 15) is 22.8 Å². The first kappa shape index (κ1) is 21.7. The average molecular weight is 459 g/mol. The van der Waals surface area contributed by atoms with Crippen LogP contribution in [0.4, 0.5) is 18.9 Å². The first-order valence-electron chi connectivity index (χ1n) is 9.42. The van der Waals surface area contributed by atoms with E-state index < -0.39 is 23.6 Å². The Labute approximate surface area is 185 Å². The summed E-state index contributed by atoms with van der Waals surface area (Å²) in [6.45, 7) is -0.322. The summed E-state index contributed by atoms with van der Waals surface area (Å²) in [6, 6.07) is 17.5. The molecule has 3 aromatic rings. The van der Waals surface area contributed by atoms with Crippen molar-refractivity contribution in [2.45, 2.75) is 6.18 Å². The number of alkyl halides is 3. The number of carbonyl (C=O) groups is 2. The standard InChI is InChI=1S/C22H16F3N3O3S/c23-22(24,25)16-6-3-7-17(11-16)28-20(30)13-32-21(28)27-26-19(29)12-31-18-9-8-14-4-1-2-5-15(14)10-18/h1-11H,12-13H2,(H,26,29)/b27-21-. The predicted molar refractivity (Wildman–Crippen MR) is 116 cm³/mol. The molecule has 2 amide bonds. The van der Waals surface area contributed by atoms with Crippen molar-refractivity contribution in [2.24, 2.45) is 5.10 Å². The van der Waals surface area contributed by atoms with Gasteiger partial charge in [-0.25, -0.2) is 5.43 Å². The second-order valence-electron chi connectivity index (χ2n) is 6.79. The first-order chi connectivity index (χ1) is 15.3. The summed E-state index contributed by atoms with van der Waals surface area (Å²) >= 11 is 1.01. The molecule has 1 heterocycles. The number of thioether (sulfide) groups is 1. The molecule has 1 aliphatic rings. The van der Waals surface area contributed by atoms with Crippen molar-refractivity contribution in [1.29, 1.82) is 0 Å². The molecule has 0 aromatic heterocycles. The Hall–Kier alpha value is -3.53. The molecule has 6 nitrogen and oxygen atoms in total. The van der Waals surface area contributed by atoms with Crippen molar-refractivity contribution < 1.29 is 27.5 Å². The molecule has 1 N–H and O–H groups in total. The van der Waals surface area contributed by atoms with Crippen LogP contribution < -0.4 is 15.1 Å². The minimum Gasteiger partial charge on any atom is -0.484 e. The smallest absolute Gasteiger partial charge is 0.416 e. The maximum absolute atomic E-state index is 13.0. The molecule has 0 bridgehead atoms. The van der Waals surface area contributed by atoms with E-state index in [1.54, 1.807) is 12.1 Å². The molecule has 3 aromatic carbocycles. The Bertz CT molecular complexity index is 1210. The summed E-state index contributed by atoms with van der Waals surface area (Å²) in [5, 5.41) is 5.98. The lowest BCUT2D eigenvalue weighted by Crippen LogP contribution is -2.32. The van der Waals surface area contributed by atoms with Crippen LogP contribution in [0.1, 0.15) is 5.56 Å². The molecule has 0 saturated carbocycles. The minimum atomic E-state index is -4.54. The molecule has 1 saturated heterocycles. The monoisotopic (exact) mass is 459 g/mol. The highest BCUT2D eigenvalue weighted by atomic mass is 32.2. The van der Waals surface area contributed by atoms with Gasteiger partial charge in [0, 0.05) is 0 Å². The maximum Gasteiger partial charge on any atom is 0.416 e. The van der Waals surface area contributed by atoms with Crippen molar-refractivity contribution in [3.63, 3.8) is 0 Å². The van der Waals surface area contributed by atoms with E-state index in [1.165, 1.54) is 12.1 Å². The Morgan fingerprint density at radius 1 is 1.06 bits per heavy atom. The molecule has 0 radical (unpaired) electrons. The van der Waals surface area contributed by atoms with Gasteiger partial charge in [-0.05, 0) is 41.1 Å². The number of ether oxygens (including phenoxy) is 1. The summed E-state index contributed by atoms with van der Waals surface area (Å²) < 4.78 is 44.5. The highest BCUT2D eigenvalue weighted by Crippen LogP contribution is 2.34. The van der Waals surface area contributed by atoms with Gasteiger partial charge in [0.15, 0.2) is 11.8 Å². The number of anilines is 1. The number of nitrogens with one attached hydrogen (secondary N) is 1. The second kappa shape index (κ2) is 8.91. The molecular weight excluding hydrogens is 443 g/mol. The predicted octanol–water partition coefficient (Wildman–Crippen LogP) is 4.40. The lowest BCUT2D eigenvalue weighted by molar-refractivity contribution is -0.137. The molecule has 1 fully saturated rings. The first-order valence-corrected chi connectivity index (χ1v) is 10.4. The van der Waals surface area contributed by atoms with Crippen LogP contribution >= 0.6 is 11.8 Å². The van der Waals surface area contributed by atoms with E-state index in [1.807, 2.05) is 30.3 Å².